The molecule has 1 aliphatic rings. The number of nitrogens with two attached hydrogens (primary N) is 1. The Morgan fingerprint density at radius 1 is 1.53 bits per heavy atom. The van der Waals surface area contributed by atoms with E-state index in [0.717, 1.165) is 31.5 Å². The number of nitrogens with one attached hydrogen (secondary N) is 1. The summed E-state index contributed by atoms with van der Waals surface area (Å²) in [6.07, 6.45) is 3.49. The number of aromatic amines is 1. The van der Waals surface area contributed by atoms with E-state index in [-0.39, 0.29) is 5.91 Å². The number of aryl methyl sites for hydroxylation is 1. The molecule has 3 N–H and O–H groups in total. The highest BCUT2D eigenvalue weighted by atomic mass is 32.1. The Kier molecular flexibility index (Phi) is 3.84. The third kappa shape index (κ3) is 2.60. The Morgan fingerprint density at radius 2 is 2.16 bits per heavy atom. The summed E-state index contributed by atoms with van der Waals surface area (Å²) < 4.78 is 0. The van der Waals surface area contributed by atoms with Crippen molar-refractivity contribution in [2.75, 3.05) is 7.05 Å². The van der Waals surface area contributed by atoms with Crippen LogP contribution in [0.15, 0.2) is 0 Å². The molecule has 1 aromatic rings. The van der Waals surface area contributed by atoms with Crippen LogP contribution in [0.3, 0.4) is 0 Å². The zero-order valence-corrected chi connectivity index (χ0v) is 12.1. The molecule has 0 aromatic carbocycles. The van der Waals surface area contributed by atoms with E-state index in [0.29, 0.717) is 17.4 Å². The van der Waals surface area contributed by atoms with Crippen molar-refractivity contribution < 1.29 is 4.79 Å². The summed E-state index contributed by atoms with van der Waals surface area (Å²) in [7, 11) is 1.74. The molecule has 0 radical (unpaired) electrons. The summed E-state index contributed by atoms with van der Waals surface area (Å²) in [5, 5.41) is 6.80. The third-order valence-electron chi connectivity index (χ3n) is 3.71. The highest BCUT2D eigenvalue weighted by molar-refractivity contribution is 7.80. The van der Waals surface area contributed by atoms with E-state index >= 15 is 0 Å². The Hall–Kier alpha value is -1.50. The van der Waals surface area contributed by atoms with Gasteiger partial charge in [0.1, 0.15) is 5.82 Å². The monoisotopic (exact) mass is 281 g/mol. The van der Waals surface area contributed by atoms with E-state index in [1.54, 1.807) is 11.9 Å². The summed E-state index contributed by atoms with van der Waals surface area (Å²) in [5.74, 6) is 1.32. The SMILES string of the molecule is Cc1nc(CN(C)C(=O)C2(C(N)=S)CCCC2)n[nH]1. The molecule has 19 heavy (non-hydrogen) atoms. The summed E-state index contributed by atoms with van der Waals surface area (Å²) >= 11 is 5.12. The van der Waals surface area contributed by atoms with Crippen LogP contribution in [0.4, 0.5) is 0 Å². The molecule has 1 aromatic heterocycles. The van der Waals surface area contributed by atoms with Crippen molar-refractivity contribution >= 4 is 23.1 Å². The maximum Gasteiger partial charge on any atom is 0.235 e. The molecule has 1 heterocycles. The number of amides is 1. The molecule has 1 fully saturated rings. The first-order valence-electron chi connectivity index (χ1n) is 6.39. The average Bonchev–Trinajstić information content (AvgIpc) is 2.98. The van der Waals surface area contributed by atoms with Crippen molar-refractivity contribution in [3.63, 3.8) is 0 Å². The smallest absolute Gasteiger partial charge is 0.235 e. The lowest BCUT2D eigenvalue weighted by molar-refractivity contribution is -0.137. The van der Waals surface area contributed by atoms with Gasteiger partial charge >= 0.3 is 0 Å². The van der Waals surface area contributed by atoms with Gasteiger partial charge in [0.05, 0.1) is 16.9 Å². The molecule has 1 aliphatic carbocycles. The number of nitrogens with zero attached hydrogens (tertiary/aromatic N) is 3. The second kappa shape index (κ2) is 5.24. The molecule has 0 unspecified atom stereocenters. The Morgan fingerprint density at radius 3 is 2.63 bits per heavy atom. The molecule has 1 saturated carbocycles. The fourth-order valence-corrected chi connectivity index (χ4v) is 2.94. The Balaban J connectivity index is 2.11. The summed E-state index contributed by atoms with van der Waals surface area (Å²) in [4.78, 5) is 18.7. The van der Waals surface area contributed by atoms with E-state index in [4.69, 9.17) is 18.0 Å². The minimum Gasteiger partial charge on any atom is -0.392 e. The number of thiocarbonyl (C=S) groups is 1. The van der Waals surface area contributed by atoms with Crippen LogP contribution in [-0.4, -0.2) is 38.0 Å². The first-order chi connectivity index (χ1) is 8.95. The molecule has 1 amide bonds. The van der Waals surface area contributed by atoms with E-state index in [1.807, 2.05) is 6.92 Å². The molecule has 0 saturated heterocycles. The van der Waals surface area contributed by atoms with Gasteiger partial charge in [-0.05, 0) is 19.8 Å². The van der Waals surface area contributed by atoms with Crippen molar-refractivity contribution in [2.24, 2.45) is 11.1 Å². The van der Waals surface area contributed by atoms with E-state index in [1.165, 1.54) is 0 Å². The average molecular weight is 281 g/mol. The van der Waals surface area contributed by atoms with Crippen molar-refractivity contribution in [1.29, 1.82) is 0 Å². The topological polar surface area (TPSA) is 87.9 Å². The van der Waals surface area contributed by atoms with Crippen LogP contribution in [0, 0.1) is 12.3 Å². The van der Waals surface area contributed by atoms with Gasteiger partial charge in [-0.3, -0.25) is 9.89 Å². The summed E-state index contributed by atoms with van der Waals surface area (Å²) in [6.45, 7) is 2.19. The fourth-order valence-electron chi connectivity index (χ4n) is 2.65. The van der Waals surface area contributed by atoms with Gasteiger partial charge < -0.3 is 10.6 Å². The maximum atomic E-state index is 12.6. The highest BCUT2D eigenvalue weighted by Crippen LogP contribution is 2.40. The van der Waals surface area contributed by atoms with Crippen molar-refractivity contribution in [1.82, 2.24) is 20.1 Å². The van der Waals surface area contributed by atoms with Crippen molar-refractivity contribution in [3.05, 3.63) is 11.6 Å². The van der Waals surface area contributed by atoms with Crippen LogP contribution < -0.4 is 5.73 Å². The van der Waals surface area contributed by atoms with Gasteiger partial charge in [0.25, 0.3) is 0 Å². The molecule has 7 heteroatoms. The summed E-state index contributed by atoms with van der Waals surface area (Å²) in [6, 6.07) is 0. The van der Waals surface area contributed by atoms with Gasteiger partial charge in [-0.15, -0.1) is 0 Å². The molecular formula is C12H19N5OS. The van der Waals surface area contributed by atoms with E-state index < -0.39 is 5.41 Å². The number of hydrogen-bond donors (Lipinski definition) is 2. The van der Waals surface area contributed by atoms with Crippen molar-refractivity contribution in [3.8, 4) is 0 Å². The van der Waals surface area contributed by atoms with Gasteiger partial charge in [0, 0.05) is 7.05 Å². The van der Waals surface area contributed by atoms with Crippen LogP contribution >= 0.6 is 12.2 Å². The van der Waals surface area contributed by atoms with E-state index in [9.17, 15) is 4.79 Å². The molecule has 0 atom stereocenters. The first-order valence-corrected chi connectivity index (χ1v) is 6.80. The number of rotatable bonds is 4. The number of hydrogen-bond acceptors (Lipinski definition) is 4. The lowest BCUT2D eigenvalue weighted by Gasteiger charge is -2.30. The quantitative estimate of drug-likeness (QED) is 0.801. The lowest BCUT2D eigenvalue weighted by Crippen LogP contribution is -2.47. The normalized spacial score (nSPS) is 17.4. The van der Waals surface area contributed by atoms with Crippen LogP contribution in [0.25, 0.3) is 0 Å². The largest absolute Gasteiger partial charge is 0.392 e. The van der Waals surface area contributed by atoms with Crippen LogP contribution in [0.1, 0.15) is 37.3 Å². The van der Waals surface area contributed by atoms with Gasteiger partial charge in [-0.2, -0.15) is 5.10 Å². The van der Waals surface area contributed by atoms with Gasteiger partial charge in [-0.1, -0.05) is 25.1 Å². The van der Waals surface area contributed by atoms with Crippen LogP contribution in [0.5, 0.6) is 0 Å². The van der Waals surface area contributed by atoms with Crippen LogP contribution in [-0.2, 0) is 11.3 Å². The molecule has 2 rings (SSSR count). The third-order valence-corrected chi connectivity index (χ3v) is 4.10. The van der Waals surface area contributed by atoms with Crippen LogP contribution in [0.2, 0.25) is 0 Å². The molecule has 0 spiro atoms. The fraction of sp³-hybridized carbons (Fsp3) is 0.667. The minimum absolute atomic E-state index is 0.0139. The van der Waals surface area contributed by atoms with E-state index in [2.05, 4.69) is 15.2 Å². The second-order valence-corrected chi connectivity index (χ2v) is 5.59. The number of aromatic nitrogens is 3. The van der Waals surface area contributed by atoms with Gasteiger partial charge in [0.15, 0.2) is 5.82 Å². The van der Waals surface area contributed by atoms with Gasteiger partial charge in [-0.25, -0.2) is 4.98 Å². The zero-order chi connectivity index (χ0) is 14.0. The Bertz CT molecular complexity index is 492. The number of carbonyl (C=O) groups excluding carboxylic acids is 1. The Labute approximate surface area is 117 Å². The molecule has 104 valence electrons. The summed E-state index contributed by atoms with van der Waals surface area (Å²) in [5.41, 5.74) is 5.16. The highest BCUT2D eigenvalue weighted by Gasteiger charge is 2.45. The predicted octanol–water partition coefficient (Wildman–Crippen LogP) is 0.918. The minimum atomic E-state index is -0.657. The van der Waals surface area contributed by atoms with Crippen molar-refractivity contribution in [2.45, 2.75) is 39.2 Å². The first kappa shape index (κ1) is 13.9. The second-order valence-electron chi connectivity index (χ2n) is 5.15. The molecular weight excluding hydrogens is 262 g/mol. The maximum absolute atomic E-state index is 12.6. The standard InChI is InChI=1S/C12H19N5OS/c1-8-14-9(16-15-8)7-17(2)11(18)12(10(13)19)5-3-4-6-12/h3-7H2,1-2H3,(H2,13,19)(H,14,15,16). The molecule has 0 aliphatic heterocycles. The number of H-pyrrole nitrogens is 1. The number of carbonyl (C=O) groups is 1. The predicted molar refractivity (Wildman–Crippen MR) is 75.3 cm³/mol. The zero-order valence-electron chi connectivity index (χ0n) is 11.3. The lowest BCUT2D eigenvalue weighted by atomic mass is 9.84. The molecule has 0 bridgehead atoms. The molecule has 6 nitrogen and oxygen atoms in total. The van der Waals surface area contributed by atoms with Gasteiger partial charge in [0.2, 0.25) is 5.91 Å².